The van der Waals surface area contributed by atoms with Crippen LogP contribution in [0.4, 0.5) is 0 Å². The third-order valence-corrected chi connectivity index (χ3v) is 9.23. The molecule has 6 nitrogen and oxygen atoms in total. The number of esters is 2. The highest BCUT2D eigenvalue weighted by atomic mass is 16.5. The number of carbonyl (C=O) groups is 2. The van der Waals surface area contributed by atoms with Gasteiger partial charge in [0.1, 0.15) is 0 Å². The highest BCUT2D eigenvalue weighted by Gasteiger charge is 2.12. The Labute approximate surface area is 298 Å². The molecule has 0 atom stereocenters. The van der Waals surface area contributed by atoms with Gasteiger partial charge in [0, 0.05) is 19.3 Å². The third-order valence-electron chi connectivity index (χ3n) is 9.23. The lowest BCUT2D eigenvalue weighted by atomic mass is 10.0. The van der Waals surface area contributed by atoms with Gasteiger partial charge in [-0.3, -0.25) is 9.59 Å². The quantitative estimate of drug-likeness (QED) is 0.0368. The molecule has 0 spiro atoms. The lowest BCUT2D eigenvalue weighted by Crippen LogP contribution is -2.15. The predicted molar refractivity (Wildman–Crippen MR) is 204 cm³/mol. The summed E-state index contributed by atoms with van der Waals surface area (Å²) in [4.78, 5) is 25.9. The predicted octanol–water partition coefficient (Wildman–Crippen LogP) is 12.3. The number of hydrogen-bond acceptors (Lipinski definition) is 6. The number of nitrogens with zero attached hydrogens (tertiary/aromatic N) is 1. The van der Waals surface area contributed by atoms with Crippen molar-refractivity contribution in [3.8, 4) is 0 Å². The first-order valence-corrected chi connectivity index (χ1v) is 20.7. The molecule has 0 aliphatic rings. The lowest BCUT2D eigenvalue weighted by molar-refractivity contribution is -0.144. The number of ether oxygens (including phenoxy) is 3. The maximum absolute atomic E-state index is 11.8. The SMILES string of the molecule is C=C(CCCN(C)C)OC(CCCCCCCCCOC(=O)CCCCCCC)CCCCCCCCCOC(=O)CCCCCCC. The molecule has 0 radical (unpaired) electrons. The van der Waals surface area contributed by atoms with E-state index in [1.165, 1.54) is 103 Å². The van der Waals surface area contributed by atoms with E-state index in [2.05, 4.69) is 39.4 Å². The van der Waals surface area contributed by atoms with Crippen LogP contribution in [0.5, 0.6) is 0 Å². The van der Waals surface area contributed by atoms with Gasteiger partial charge < -0.3 is 19.1 Å². The normalized spacial score (nSPS) is 11.4. The van der Waals surface area contributed by atoms with Crippen LogP contribution >= 0.6 is 0 Å². The molecule has 0 aliphatic heterocycles. The van der Waals surface area contributed by atoms with E-state index in [1.54, 1.807) is 0 Å². The smallest absolute Gasteiger partial charge is 0.305 e. The first kappa shape index (κ1) is 46.4. The fourth-order valence-electron chi connectivity index (χ4n) is 6.13. The fraction of sp³-hybridized carbons (Fsp3) is 0.905. The number of unbranched alkanes of at least 4 members (excludes halogenated alkanes) is 20. The van der Waals surface area contributed by atoms with Crippen molar-refractivity contribution >= 4 is 11.9 Å². The maximum Gasteiger partial charge on any atom is 0.305 e. The van der Waals surface area contributed by atoms with Crippen molar-refractivity contribution in [3.63, 3.8) is 0 Å². The van der Waals surface area contributed by atoms with Crippen LogP contribution in [0.1, 0.15) is 206 Å². The Bertz CT molecular complexity index is 679. The summed E-state index contributed by atoms with van der Waals surface area (Å²) in [7, 11) is 4.23. The molecule has 0 bridgehead atoms. The Morgan fingerprint density at radius 3 is 1.29 bits per heavy atom. The van der Waals surface area contributed by atoms with Gasteiger partial charge in [-0.2, -0.15) is 0 Å². The average Bonchev–Trinajstić information content (AvgIpc) is 3.05. The summed E-state index contributed by atoms with van der Waals surface area (Å²) >= 11 is 0. The zero-order chi connectivity index (χ0) is 35.3. The van der Waals surface area contributed by atoms with E-state index in [0.717, 1.165) is 89.4 Å². The van der Waals surface area contributed by atoms with E-state index < -0.39 is 0 Å². The second-order valence-electron chi connectivity index (χ2n) is 14.5. The Morgan fingerprint density at radius 2 is 0.875 bits per heavy atom. The molecule has 0 unspecified atom stereocenters. The summed E-state index contributed by atoms with van der Waals surface area (Å²) in [6.07, 6.45) is 34.1. The van der Waals surface area contributed by atoms with Crippen molar-refractivity contribution in [3.05, 3.63) is 12.3 Å². The van der Waals surface area contributed by atoms with Crippen LogP contribution in [0.25, 0.3) is 0 Å². The molecule has 0 N–H and O–H groups in total. The van der Waals surface area contributed by atoms with Gasteiger partial charge in [0.25, 0.3) is 0 Å². The average molecular weight is 680 g/mol. The zero-order valence-electron chi connectivity index (χ0n) is 32.6. The minimum Gasteiger partial charge on any atom is -0.495 e. The van der Waals surface area contributed by atoms with Crippen LogP contribution in [0.2, 0.25) is 0 Å². The summed E-state index contributed by atoms with van der Waals surface area (Å²) in [6.45, 7) is 10.9. The van der Waals surface area contributed by atoms with Gasteiger partial charge in [-0.25, -0.2) is 0 Å². The van der Waals surface area contributed by atoms with Gasteiger partial charge in [0.15, 0.2) is 0 Å². The summed E-state index contributed by atoms with van der Waals surface area (Å²) in [6, 6.07) is 0. The summed E-state index contributed by atoms with van der Waals surface area (Å²) in [5.41, 5.74) is 0. The fourth-order valence-corrected chi connectivity index (χ4v) is 6.13. The molecular formula is C42H81NO5. The van der Waals surface area contributed by atoms with Crippen LogP contribution in [0, 0.1) is 0 Å². The molecule has 0 saturated heterocycles. The van der Waals surface area contributed by atoms with Crippen molar-refractivity contribution in [2.45, 2.75) is 213 Å². The van der Waals surface area contributed by atoms with E-state index in [9.17, 15) is 9.59 Å². The summed E-state index contributed by atoms with van der Waals surface area (Å²) in [5, 5.41) is 0. The van der Waals surface area contributed by atoms with Gasteiger partial charge in [0.2, 0.25) is 0 Å². The number of carbonyl (C=O) groups excluding carboxylic acids is 2. The standard InChI is InChI=1S/C42H81NO5/c1-6-8-10-18-26-34-41(44)46-37-28-22-16-12-14-20-24-32-40(48-39(3)31-30-36-43(4)5)33-25-21-15-13-17-23-29-38-47-42(45)35-27-19-11-9-7-2/h40H,3,6-38H2,1-2,4-5H3. The second-order valence-corrected chi connectivity index (χ2v) is 14.5. The van der Waals surface area contributed by atoms with Crippen LogP contribution in [0.3, 0.4) is 0 Å². The molecule has 0 saturated carbocycles. The van der Waals surface area contributed by atoms with Gasteiger partial charge in [-0.05, 0) is 78.4 Å². The van der Waals surface area contributed by atoms with E-state index in [0.29, 0.717) is 32.2 Å². The Kier molecular flexibility index (Phi) is 35.5. The number of hydrogen-bond donors (Lipinski definition) is 0. The molecule has 0 aromatic heterocycles. The van der Waals surface area contributed by atoms with Crippen molar-refractivity contribution in [2.75, 3.05) is 33.9 Å². The van der Waals surface area contributed by atoms with Crippen molar-refractivity contribution in [2.24, 2.45) is 0 Å². The molecular weight excluding hydrogens is 598 g/mol. The Hall–Kier alpha value is -1.56. The lowest BCUT2D eigenvalue weighted by Gasteiger charge is -2.21. The summed E-state index contributed by atoms with van der Waals surface area (Å²) < 4.78 is 17.2. The van der Waals surface area contributed by atoms with Gasteiger partial charge in [0.05, 0.1) is 25.1 Å². The van der Waals surface area contributed by atoms with E-state index >= 15 is 0 Å². The largest absolute Gasteiger partial charge is 0.495 e. The number of rotatable bonds is 38. The first-order valence-electron chi connectivity index (χ1n) is 20.7. The van der Waals surface area contributed by atoms with E-state index in [4.69, 9.17) is 14.2 Å². The molecule has 0 fully saturated rings. The molecule has 0 rings (SSSR count). The first-order chi connectivity index (χ1) is 23.4. The van der Waals surface area contributed by atoms with Crippen LogP contribution < -0.4 is 0 Å². The van der Waals surface area contributed by atoms with Crippen molar-refractivity contribution in [1.29, 1.82) is 0 Å². The van der Waals surface area contributed by atoms with E-state index in [-0.39, 0.29) is 11.9 Å². The molecule has 0 aliphatic carbocycles. The topological polar surface area (TPSA) is 65.1 Å². The Morgan fingerprint density at radius 1 is 0.500 bits per heavy atom. The highest BCUT2D eigenvalue weighted by molar-refractivity contribution is 5.69. The monoisotopic (exact) mass is 680 g/mol. The van der Waals surface area contributed by atoms with E-state index in [1.807, 2.05) is 0 Å². The van der Waals surface area contributed by atoms with Crippen LogP contribution in [0.15, 0.2) is 12.3 Å². The molecule has 48 heavy (non-hydrogen) atoms. The van der Waals surface area contributed by atoms with Gasteiger partial charge in [-0.15, -0.1) is 0 Å². The Balaban J connectivity index is 3.98. The molecule has 6 heteroatoms. The van der Waals surface area contributed by atoms with Crippen LogP contribution in [-0.2, 0) is 23.8 Å². The van der Waals surface area contributed by atoms with Gasteiger partial charge in [-0.1, -0.05) is 136 Å². The molecule has 0 heterocycles. The highest BCUT2D eigenvalue weighted by Crippen LogP contribution is 2.21. The third kappa shape index (κ3) is 35.7. The van der Waals surface area contributed by atoms with Crippen molar-refractivity contribution in [1.82, 2.24) is 4.90 Å². The van der Waals surface area contributed by atoms with Gasteiger partial charge >= 0.3 is 11.9 Å². The molecule has 0 aromatic carbocycles. The van der Waals surface area contributed by atoms with Crippen molar-refractivity contribution < 1.29 is 23.8 Å². The van der Waals surface area contributed by atoms with Crippen LogP contribution in [-0.4, -0.2) is 56.8 Å². The summed E-state index contributed by atoms with van der Waals surface area (Å²) in [5.74, 6) is 0.924. The minimum atomic E-state index is -0.0153. The second kappa shape index (κ2) is 36.7. The molecule has 284 valence electrons. The number of allylic oxidation sites excluding steroid dienone is 1. The minimum absolute atomic E-state index is 0.0153. The molecule has 0 amide bonds. The maximum atomic E-state index is 11.8. The zero-order valence-corrected chi connectivity index (χ0v) is 32.6. The molecule has 0 aromatic rings.